The molecule has 0 saturated carbocycles. The Balaban J connectivity index is 2.40. The van der Waals surface area contributed by atoms with E-state index in [2.05, 4.69) is 10.6 Å². The number of aryl methyl sites for hydroxylation is 1. The average Bonchev–Trinajstić information content (AvgIpc) is 2.34. The van der Waals surface area contributed by atoms with Gasteiger partial charge in [-0.15, -0.1) is 0 Å². The molecular weight excluding hydrogens is 290 g/mol. The molecular formula is C14H21N3O3S. The Morgan fingerprint density at radius 1 is 1.43 bits per heavy atom. The van der Waals surface area contributed by atoms with Gasteiger partial charge < -0.3 is 10.6 Å². The van der Waals surface area contributed by atoms with Crippen molar-refractivity contribution in [3.8, 4) is 0 Å². The summed E-state index contributed by atoms with van der Waals surface area (Å²) >= 11 is 0. The third-order valence-corrected chi connectivity index (χ3v) is 5.74. The molecule has 1 aliphatic rings. The summed E-state index contributed by atoms with van der Waals surface area (Å²) in [5, 5.41) is 5.71. The number of nitrogens with one attached hydrogen (secondary N) is 2. The van der Waals surface area contributed by atoms with Crippen LogP contribution in [0.4, 0.5) is 5.69 Å². The van der Waals surface area contributed by atoms with E-state index in [1.807, 2.05) is 6.92 Å². The predicted molar refractivity (Wildman–Crippen MR) is 81.7 cm³/mol. The highest BCUT2D eigenvalue weighted by Gasteiger charge is 2.34. The summed E-state index contributed by atoms with van der Waals surface area (Å²) < 4.78 is 27.2. The molecule has 0 aliphatic carbocycles. The number of anilines is 1. The van der Waals surface area contributed by atoms with Crippen LogP contribution in [0.5, 0.6) is 0 Å². The number of hydrogen-bond acceptors (Lipinski definition) is 4. The summed E-state index contributed by atoms with van der Waals surface area (Å²) in [7, 11) is -3.56. The molecule has 1 saturated heterocycles. The molecule has 1 amide bonds. The highest BCUT2D eigenvalue weighted by molar-refractivity contribution is 7.89. The zero-order valence-electron chi connectivity index (χ0n) is 12.5. The van der Waals surface area contributed by atoms with E-state index in [1.54, 1.807) is 19.1 Å². The number of hydrogen-bond donors (Lipinski definition) is 2. The maximum Gasteiger partial charge on any atom is 0.243 e. The maximum atomic E-state index is 12.8. The van der Waals surface area contributed by atoms with Crippen molar-refractivity contribution in [2.75, 3.05) is 25.0 Å². The summed E-state index contributed by atoms with van der Waals surface area (Å²) in [6.45, 7) is 6.78. The van der Waals surface area contributed by atoms with Crippen LogP contribution in [-0.4, -0.2) is 44.3 Å². The fourth-order valence-corrected chi connectivity index (χ4v) is 4.27. The Labute approximate surface area is 125 Å². The molecule has 0 radical (unpaired) electrons. The fraction of sp³-hybridized carbons (Fsp3) is 0.500. The summed E-state index contributed by atoms with van der Waals surface area (Å²) in [5.74, 6) is -0.224. The quantitative estimate of drug-likeness (QED) is 0.848. The fourth-order valence-electron chi connectivity index (χ4n) is 2.39. The van der Waals surface area contributed by atoms with E-state index in [1.165, 1.54) is 17.3 Å². The minimum atomic E-state index is -3.56. The first-order valence-electron chi connectivity index (χ1n) is 6.97. The molecule has 1 fully saturated rings. The van der Waals surface area contributed by atoms with E-state index in [0.717, 1.165) is 0 Å². The van der Waals surface area contributed by atoms with Gasteiger partial charge in [-0.3, -0.25) is 4.79 Å². The van der Waals surface area contributed by atoms with E-state index in [-0.39, 0.29) is 16.8 Å². The second-order valence-corrected chi connectivity index (χ2v) is 7.04. The van der Waals surface area contributed by atoms with Crippen LogP contribution in [0.3, 0.4) is 0 Å². The number of benzene rings is 1. The van der Waals surface area contributed by atoms with E-state index >= 15 is 0 Å². The molecule has 1 heterocycles. The number of likely N-dealkylation sites (N-methyl/N-ethyl adjacent to an activating group) is 1. The van der Waals surface area contributed by atoms with Crippen LogP contribution < -0.4 is 10.6 Å². The van der Waals surface area contributed by atoms with Gasteiger partial charge in [0.05, 0.1) is 4.90 Å². The third kappa shape index (κ3) is 3.25. The first-order chi connectivity index (χ1) is 9.86. The molecule has 0 spiro atoms. The summed E-state index contributed by atoms with van der Waals surface area (Å²) in [5.41, 5.74) is 1.17. The standard InChI is InChI=1S/C14H21N3O3S/c1-4-17(13-8-15-9-13)21(19,20)14-7-12(16-11(3)18)6-5-10(14)2/h5-7,13,15H,4,8-9H2,1-3H3,(H,16,18). The zero-order chi connectivity index (χ0) is 15.6. The molecule has 1 aromatic rings. The molecule has 0 unspecified atom stereocenters. The predicted octanol–water partition coefficient (Wildman–Crippen LogP) is 0.936. The van der Waals surface area contributed by atoms with Gasteiger partial charge in [0.2, 0.25) is 15.9 Å². The normalized spacial score (nSPS) is 15.8. The van der Waals surface area contributed by atoms with Crippen molar-refractivity contribution >= 4 is 21.6 Å². The Bertz CT molecular complexity index is 639. The topological polar surface area (TPSA) is 78.5 Å². The lowest BCUT2D eigenvalue weighted by Gasteiger charge is -2.36. The molecule has 2 N–H and O–H groups in total. The van der Waals surface area contributed by atoms with Crippen molar-refractivity contribution in [3.05, 3.63) is 23.8 Å². The molecule has 6 nitrogen and oxygen atoms in total. The average molecular weight is 311 g/mol. The number of rotatable bonds is 5. The van der Waals surface area contributed by atoms with Gasteiger partial charge in [-0.1, -0.05) is 13.0 Å². The van der Waals surface area contributed by atoms with Crippen LogP contribution in [-0.2, 0) is 14.8 Å². The number of amides is 1. The molecule has 0 bridgehead atoms. The van der Waals surface area contributed by atoms with Crippen molar-refractivity contribution < 1.29 is 13.2 Å². The van der Waals surface area contributed by atoms with E-state index in [9.17, 15) is 13.2 Å². The van der Waals surface area contributed by atoms with E-state index < -0.39 is 10.0 Å². The van der Waals surface area contributed by atoms with E-state index in [0.29, 0.717) is 30.9 Å². The Morgan fingerprint density at radius 2 is 2.10 bits per heavy atom. The van der Waals surface area contributed by atoms with Crippen LogP contribution in [0.1, 0.15) is 19.4 Å². The summed E-state index contributed by atoms with van der Waals surface area (Å²) in [6, 6.07) is 4.95. The second-order valence-electron chi connectivity index (χ2n) is 5.18. The van der Waals surface area contributed by atoms with Gasteiger partial charge >= 0.3 is 0 Å². The molecule has 1 aromatic carbocycles. The van der Waals surface area contributed by atoms with Gasteiger partial charge in [0, 0.05) is 38.3 Å². The van der Waals surface area contributed by atoms with Gasteiger partial charge in [-0.05, 0) is 24.6 Å². The molecule has 7 heteroatoms. The monoisotopic (exact) mass is 311 g/mol. The molecule has 0 aromatic heterocycles. The first-order valence-corrected chi connectivity index (χ1v) is 8.41. The van der Waals surface area contributed by atoms with Gasteiger partial charge in [0.25, 0.3) is 0 Å². The van der Waals surface area contributed by atoms with Crippen LogP contribution in [0.15, 0.2) is 23.1 Å². The minimum absolute atomic E-state index is 0.00354. The number of nitrogens with zero attached hydrogens (tertiary/aromatic N) is 1. The lowest BCUT2D eigenvalue weighted by Crippen LogP contribution is -2.58. The molecule has 1 aliphatic heterocycles. The molecule has 21 heavy (non-hydrogen) atoms. The van der Waals surface area contributed by atoms with Gasteiger partial charge in [-0.25, -0.2) is 8.42 Å². The number of sulfonamides is 1. The number of carbonyl (C=O) groups excluding carboxylic acids is 1. The van der Waals surface area contributed by atoms with Gasteiger partial charge in [-0.2, -0.15) is 4.31 Å². The summed E-state index contributed by atoms with van der Waals surface area (Å²) in [4.78, 5) is 11.4. The zero-order valence-corrected chi connectivity index (χ0v) is 13.3. The number of carbonyl (C=O) groups is 1. The molecule has 116 valence electrons. The SMILES string of the molecule is CCN(C1CNC1)S(=O)(=O)c1cc(NC(C)=O)ccc1C. The first kappa shape index (κ1) is 15.9. The highest BCUT2D eigenvalue weighted by atomic mass is 32.2. The lowest BCUT2D eigenvalue weighted by molar-refractivity contribution is -0.114. The lowest BCUT2D eigenvalue weighted by atomic mass is 10.2. The van der Waals surface area contributed by atoms with Crippen molar-refractivity contribution in [3.63, 3.8) is 0 Å². The van der Waals surface area contributed by atoms with Crippen LogP contribution in [0.2, 0.25) is 0 Å². The second kappa shape index (κ2) is 6.13. The van der Waals surface area contributed by atoms with Crippen LogP contribution in [0, 0.1) is 6.92 Å². The van der Waals surface area contributed by atoms with Gasteiger partial charge in [0.1, 0.15) is 0 Å². The Morgan fingerprint density at radius 3 is 2.57 bits per heavy atom. The third-order valence-electron chi connectivity index (χ3n) is 3.57. The van der Waals surface area contributed by atoms with Crippen molar-refractivity contribution in [2.45, 2.75) is 31.7 Å². The smallest absolute Gasteiger partial charge is 0.243 e. The van der Waals surface area contributed by atoms with Crippen molar-refractivity contribution in [1.82, 2.24) is 9.62 Å². The van der Waals surface area contributed by atoms with Gasteiger partial charge in [0.15, 0.2) is 0 Å². The van der Waals surface area contributed by atoms with Crippen molar-refractivity contribution in [2.24, 2.45) is 0 Å². The minimum Gasteiger partial charge on any atom is -0.326 e. The summed E-state index contributed by atoms with van der Waals surface area (Å²) in [6.07, 6.45) is 0. The van der Waals surface area contributed by atoms with Crippen LogP contribution >= 0.6 is 0 Å². The van der Waals surface area contributed by atoms with Crippen LogP contribution in [0.25, 0.3) is 0 Å². The Kier molecular flexibility index (Phi) is 4.65. The largest absolute Gasteiger partial charge is 0.326 e. The highest BCUT2D eigenvalue weighted by Crippen LogP contribution is 2.25. The van der Waals surface area contributed by atoms with Crippen molar-refractivity contribution in [1.29, 1.82) is 0 Å². The maximum absolute atomic E-state index is 12.8. The molecule has 0 atom stereocenters. The molecule has 2 rings (SSSR count). The van der Waals surface area contributed by atoms with E-state index in [4.69, 9.17) is 0 Å². The Hall–Kier alpha value is -1.44.